The molecule has 4 rings (SSSR count). The van der Waals surface area contributed by atoms with Gasteiger partial charge in [-0.25, -0.2) is 4.39 Å². The molecule has 28 heavy (non-hydrogen) atoms. The molecule has 1 aromatic carbocycles. The van der Waals surface area contributed by atoms with Crippen molar-refractivity contribution >= 4 is 17.3 Å². The fourth-order valence-corrected chi connectivity index (χ4v) is 4.12. The van der Waals surface area contributed by atoms with Crippen LogP contribution in [0.4, 0.5) is 4.39 Å². The van der Waals surface area contributed by atoms with E-state index in [2.05, 4.69) is 28.2 Å². The number of nitrogens with zero attached hydrogens (tertiary/aromatic N) is 3. The zero-order chi connectivity index (χ0) is 19.5. The quantitative estimate of drug-likeness (QED) is 0.610. The first-order valence-corrected chi connectivity index (χ1v) is 10.0. The van der Waals surface area contributed by atoms with Crippen molar-refractivity contribution in [1.29, 1.82) is 0 Å². The highest BCUT2D eigenvalue weighted by molar-refractivity contribution is 7.80. The number of aromatic nitrogens is 2. The van der Waals surface area contributed by atoms with E-state index in [1.54, 1.807) is 18.3 Å². The van der Waals surface area contributed by atoms with Crippen molar-refractivity contribution < 1.29 is 4.39 Å². The summed E-state index contributed by atoms with van der Waals surface area (Å²) in [5.74, 6) is -0.249. The maximum atomic E-state index is 13.8. The van der Waals surface area contributed by atoms with Crippen molar-refractivity contribution in [3.05, 3.63) is 84.2 Å². The number of halogens is 1. The normalized spacial score (nSPS) is 19.1. The average molecular weight is 395 g/mol. The van der Waals surface area contributed by atoms with Gasteiger partial charge in [-0.2, -0.15) is 0 Å². The Labute approximate surface area is 170 Å². The molecule has 0 radical (unpaired) electrons. The minimum Gasteiger partial charge on any atom is -0.352 e. The lowest BCUT2D eigenvalue weighted by atomic mass is 10.0. The van der Waals surface area contributed by atoms with Crippen LogP contribution in [0.25, 0.3) is 5.69 Å². The molecule has 1 saturated heterocycles. The fourth-order valence-electron chi connectivity index (χ4n) is 3.79. The summed E-state index contributed by atoms with van der Waals surface area (Å²) < 4.78 is 15.9. The molecule has 0 aliphatic carbocycles. The lowest BCUT2D eigenvalue weighted by molar-refractivity contribution is 0.304. The van der Waals surface area contributed by atoms with Gasteiger partial charge < -0.3 is 14.8 Å². The molecule has 1 N–H and O–H groups in total. The number of hydrogen-bond acceptors (Lipinski definition) is 2. The molecular weight excluding hydrogens is 371 g/mol. The lowest BCUT2D eigenvalue weighted by Crippen LogP contribution is -2.31. The third-order valence-electron chi connectivity index (χ3n) is 5.12. The molecule has 1 fully saturated rings. The Kier molecular flexibility index (Phi) is 5.39. The van der Waals surface area contributed by atoms with Gasteiger partial charge in [0.05, 0.1) is 17.8 Å². The van der Waals surface area contributed by atoms with Gasteiger partial charge in [-0.15, -0.1) is 0 Å². The summed E-state index contributed by atoms with van der Waals surface area (Å²) in [7, 11) is 0. The largest absolute Gasteiger partial charge is 0.352 e. The monoisotopic (exact) mass is 394 g/mol. The zero-order valence-corrected chi connectivity index (χ0v) is 16.6. The highest BCUT2D eigenvalue weighted by atomic mass is 32.1. The molecule has 0 spiro atoms. The number of hydrogen-bond donors (Lipinski definition) is 1. The molecule has 0 saturated carbocycles. The van der Waals surface area contributed by atoms with Gasteiger partial charge in [-0.1, -0.05) is 25.5 Å². The molecule has 144 valence electrons. The van der Waals surface area contributed by atoms with E-state index in [1.165, 1.54) is 6.07 Å². The van der Waals surface area contributed by atoms with Crippen LogP contribution in [-0.2, 0) is 0 Å². The predicted octanol–water partition coefficient (Wildman–Crippen LogP) is 4.78. The van der Waals surface area contributed by atoms with Crippen molar-refractivity contribution in [1.82, 2.24) is 19.8 Å². The van der Waals surface area contributed by atoms with Crippen LogP contribution >= 0.6 is 12.2 Å². The van der Waals surface area contributed by atoms with E-state index in [0.29, 0.717) is 0 Å². The second-order valence-corrected chi connectivity index (χ2v) is 7.34. The van der Waals surface area contributed by atoms with Gasteiger partial charge in [-0.05, 0) is 61.1 Å². The molecule has 4 nitrogen and oxygen atoms in total. The lowest BCUT2D eigenvalue weighted by Gasteiger charge is -2.29. The van der Waals surface area contributed by atoms with E-state index in [-0.39, 0.29) is 17.9 Å². The molecule has 1 aliphatic heterocycles. The van der Waals surface area contributed by atoms with Crippen molar-refractivity contribution in [2.24, 2.45) is 0 Å². The molecule has 6 heteroatoms. The summed E-state index contributed by atoms with van der Waals surface area (Å²) in [5.41, 5.74) is 2.80. The first-order chi connectivity index (χ1) is 13.7. The van der Waals surface area contributed by atoms with Gasteiger partial charge in [0.25, 0.3) is 0 Å². The van der Waals surface area contributed by atoms with Crippen LogP contribution in [0.3, 0.4) is 0 Å². The predicted molar refractivity (Wildman–Crippen MR) is 113 cm³/mol. The van der Waals surface area contributed by atoms with Gasteiger partial charge in [-0.3, -0.25) is 4.98 Å². The molecule has 3 aromatic rings. The number of nitrogens with one attached hydrogen (secondary N) is 1. The van der Waals surface area contributed by atoms with Crippen LogP contribution < -0.4 is 5.32 Å². The van der Waals surface area contributed by atoms with Crippen LogP contribution in [0, 0.1) is 5.82 Å². The van der Waals surface area contributed by atoms with Gasteiger partial charge in [0, 0.05) is 30.3 Å². The average Bonchev–Trinajstić information content (AvgIpc) is 3.31. The molecule has 0 amide bonds. The Morgan fingerprint density at radius 2 is 2.04 bits per heavy atom. The minimum atomic E-state index is -0.249. The van der Waals surface area contributed by atoms with E-state index in [1.807, 2.05) is 41.1 Å². The summed E-state index contributed by atoms with van der Waals surface area (Å²) in [6, 6.07) is 16.6. The van der Waals surface area contributed by atoms with Crippen molar-refractivity contribution in [3.63, 3.8) is 0 Å². The Morgan fingerprint density at radius 1 is 1.14 bits per heavy atom. The van der Waals surface area contributed by atoms with Crippen LogP contribution in [0.1, 0.15) is 43.2 Å². The molecule has 2 atom stereocenters. The van der Waals surface area contributed by atoms with Crippen molar-refractivity contribution in [3.8, 4) is 5.69 Å². The number of pyridine rings is 1. The maximum absolute atomic E-state index is 13.8. The summed E-state index contributed by atoms with van der Waals surface area (Å²) in [6.07, 6.45) is 5.91. The molecular formula is C22H23FN4S. The second-order valence-electron chi connectivity index (χ2n) is 6.96. The minimum absolute atomic E-state index is 0.0211. The van der Waals surface area contributed by atoms with Crippen LogP contribution in [0.5, 0.6) is 0 Å². The summed E-state index contributed by atoms with van der Waals surface area (Å²) in [4.78, 5) is 6.81. The van der Waals surface area contributed by atoms with E-state index in [4.69, 9.17) is 12.2 Å². The molecule has 2 aromatic heterocycles. The SMILES string of the molecule is CCCCN1C(=S)N[C@@H](c2ccccn2)[C@@H]1c1cccn1-c1cccc(F)c1. The fraction of sp³-hybridized carbons (Fsp3) is 0.273. The van der Waals surface area contributed by atoms with Gasteiger partial charge >= 0.3 is 0 Å². The molecule has 0 bridgehead atoms. The van der Waals surface area contributed by atoms with Crippen LogP contribution in [0.15, 0.2) is 67.0 Å². The second kappa shape index (κ2) is 8.10. The standard InChI is InChI=1S/C22H23FN4S/c1-2-3-13-27-21(20(25-22(27)28)18-10-4-5-12-24-18)19-11-7-14-26(19)17-9-6-8-16(23)15-17/h4-12,14-15,20-21H,2-3,13H2,1H3,(H,25,28)/t20-,21-/m0/s1. The Hall–Kier alpha value is -2.73. The van der Waals surface area contributed by atoms with Gasteiger partial charge in [0.15, 0.2) is 5.11 Å². The molecule has 1 aliphatic rings. The number of benzene rings is 1. The summed E-state index contributed by atoms with van der Waals surface area (Å²) >= 11 is 5.68. The number of rotatable bonds is 6. The highest BCUT2D eigenvalue weighted by Gasteiger charge is 2.40. The Balaban J connectivity index is 1.79. The molecule has 0 unspecified atom stereocenters. The number of thiocarbonyl (C=S) groups is 1. The smallest absolute Gasteiger partial charge is 0.170 e. The summed E-state index contributed by atoms with van der Waals surface area (Å²) in [5, 5.41) is 4.20. The first-order valence-electron chi connectivity index (χ1n) is 9.60. The summed E-state index contributed by atoms with van der Waals surface area (Å²) in [6.45, 7) is 3.04. The first kappa shape index (κ1) is 18.6. The van der Waals surface area contributed by atoms with E-state index in [9.17, 15) is 4.39 Å². The Bertz CT molecular complexity index is 956. The van der Waals surface area contributed by atoms with Crippen LogP contribution in [0.2, 0.25) is 0 Å². The van der Waals surface area contributed by atoms with Gasteiger partial charge in [0.2, 0.25) is 0 Å². The molecule has 3 heterocycles. The van der Waals surface area contributed by atoms with E-state index < -0.39 is 0 Å². The highest BCUT2D eigenvalue weighted by Crippen LogP contribution is 2.39. The van der Waals surface area contributed by atoms with Crippen molar-refractivity contribution in [2.75, 3.05) is 6.54 Å². The Morgan fingerprint density at radius 3 is 2.79 bits per heavy atom. The van der Waals surface area contributed by atoms with Crippen LogP contribution in [-0.4, -0.2) is 26.1 Å². The van der Waals surface area contributed by atoms with Crippen molar-refractivity contribution in [2.45, 2.75) is 31.8 Å². The maximum Gasteiger partial charge on any atom is 0.170 e. The number of unbranched alkanes of at least 4 members (excludes halogenated alkanes) is 1. The third-order valence-corrected chi connectivity index (χ3v) is 5.47. The van der Waals surface area contributed by atoms with E-state index in [0.717, 1.165) is 41.6 Å². The van der Waals surface area contributed by atoms with E-state index >= 15 is 0 Å². The van der Waals surface area contributed by atoms with Gasteiger partial charge in [0.1, 0.15) is 5.82 Å². The zero-order valence-electron chi connectivity index (χ0n) is 15.8. The third kappa shape index (κ3) is 3.52. The topological polar surface area (TPSA) is 33.1 Å².